The van der Waals surface area contributed by atoms with Crippen molar-refractivity contribution in [3.63, 3.8) is 0 Å². The molecule has 8 nitrogen and oxygen atoms in total. The number of benzene rings is 1. The molecule has 0 radical (unpaired) electrons. The molecule has 1 aromatic carbocycles. The average Bonchev–Trinajstić information content (AvgIpc) is 3.37. The Balaban J connectivity index is 1.75. The Hall–Kier alpha value is -2.45. The van der Waals surface area contributed by atoms with Crippen LogP contribution in [-0.4, -0.2) is 85.9 Å². The van der Waals surface area contributed by atoms with E-state index >= 15 is 0 Å². The van der Waals surface area contributed by atoms with Crippen LogP contribution < -0.4 is 10.6 Å². The quantitative estimate of drug-likeness (QED) is 0.648. The van der Waals surface area contributed by atoms with Gasteiger partial charge in [0.05, 0.1) is 12.0 Å². The Bertz CT molecular complexity index is 1010. The molecule has 8 heteroatoms. The third-order valence-electron chi connectivity index (χ3n) is 8.02. The standard InChI is InChI=1S/C28H42N4O4/c1-17(2)22-15-32(24-23(33)16-36-25(22)24)27(35)21(14-28(3,4)5)20-13-18(7-8-19(20)26(29)34)31-11-9-30(6)10-12-31/h7-8,13,17,21-22,24-25H,9-12,14-16H2,1-6H3,(H2,29,34)/t21-,22-,24+,25+/m0/s1. The van der Waals surface area contributed by atoms with Crippen LogP contribution in [0, 0.1) is 17.3 Å². The van der Waals surface area contributed by atoms with E-state index < -0.39 is 17.9 Å². The first kappa shape index (κ1) is 26.6. The van der Waals surface area contributed by atoms with Crippen molar-refractivity contribution in [2.45, 2.75) is 59.1 Å². The van der Waals surface area contributed by atoms with Crippen molar-refractivity contribution in [3.8, 4) is 0 Å². The van der Waals surface area contributed by atoms with Gasteiger partial charge in [-0.05, 0) is 48.6 Å². The largest absolute Gasteiger partial charge is 0.369 e. The Morgan fingerprint density at radius 1 is 1.14 bits per heavy atom. The van der Waals surface area contributed by atoms with Gasteiger partial charge in [0.1, 0.15) is 12.6 Å². The minimum absolute atomic E-state index is 0.0349. The molecule has 3 aliphatic heterocycles. The Kier molecular flexibility index (Phi) is 7.49. The van der Waals surface area contributed by atoms with E-state index in [-0.39, 0.29) is 41.7 Å². The molecule has 198 valence electrons. The molecule has 0 saturated carbocycles. The fourth-order valence-corrected chi connectivity index (χ4v) is 5.98. The lowest BCUT2D eigenvalue weighted by atomic mass is 9.79. The van der Waals surface area contributed by atoms with Gasteiger partial charge in [-0.15, -0.1) is 0 Å². The summed E-state index contributed by atoms with van der Waals surface area (Å²) in [6.45, 7) is 14.7. The van der Waals surface area contributed by atoms with Crippen molar-refractivity contribution in [1.82, 2.24) is 9.80 Å². The molecule has 3 aliphatic rings. The van der Waals surface area contributed by atoms with Gasteiger partial charge >= 0.3 is 0 Å². The second kappa shape index (κ2) is 10.1. The maximum absolute atomic E-state index is 14.3. The number of nitrogens with zero attached hydrogens (tertiary/aromatic N) is 3. The van der Waals surface area contributed by atoms with E-state index in [9.17, 15) is 14.4 Å². The highest BCUT2D eigenvalue weighted by atomic mass is 16.5. The SMILES string of the molecule is CC(C)[C@@H]1CN(C(=O)[C@@H](CC(C)(C)C)c2cc(N3CCN(C)CC3)ccc2C(N)=O)[C@@H]2C(=O)CO[C@@H]21. The zero-order valence-electron chi connectivity index (χ0n) is 22.6. The summed E-state index contributed by atoms with van der Waals surface area (Å²) < 4.78 is 5.87. The highest BCUT2D eigenvalue weighted by Crippen LogP contribution is 2.41. The van der Waals surface area contributed by atoms with Crippen LogP contribution in [0.2, 0.25) is 0 Å². The number of hydrogen-bond acceptors (Lipinski definition) is 6. The van der Waals surface area contributed by atoms with Gasteiger partial charge in [-0.25, -0.2) is 0 Å². The highest BCUT2D eigenvalue weighted by molar-refractivity contribution is 5.99. The maximum atomic E-state index is 14.3. The van der Waals surface area contributed by atoms with E-state index in [1.807, 2.05) is 12.1 Å². The van der Waals surface area contributed by atoms with Crippen molar-refractivity contribution in [3.05, 3.63) is 29.3 Å². The molecule has 2 N–H and O–H groups in total. The van der Waals surface area contributed by atoms with E-state index in [0.29, 0.717) is 24.1 Å². The number of likely N-dealkylation sites (N-methyl/N-ethyl adjacent to an activating group) is 1. The van der Waals surface area contributed by atoms with Crippen molar-refractivity contribution in [2.24, 2.45) is 23.0 Å². The second-order valence-corrected chi connectivity index (χ2v) is 12.3. The minimum atomic E-state index is -0.583. The van der Waals surface area contributed by atoms with Gasteiger partial charge in [0.15, 0.2) is 5.78 Å². The fraction of sp³-hybridized carbons (Fsp3) is 0.679. The van der Waals surface area contributed by atoms with Crippen LogP contribution in [0.4, 0.5) is 5.69 Å². The zero-order chi connectivity index (χ0) is 26.4. The fourth-order valence-electron chi connectivity index (χ4n) is 5.98. The minimum Gasteiger partial charge on any atom is -0.369 e. The van der Waals surface area contributed by atoms with E-state index in [2.05, 4.69) is 51.5 Å². The first-order valence-electron chi connectivity index (χ1n) is 13.2. The summed E-state index contributed by atoms with van der Waals surface area (Å²) in [4.78, 5) is 46.0. The lowest BCUT2D eigenvalue weighted by molar-refractivity contribution is -0.138. The number of carbonyl (C=O) groups is 3. The number of anilines is 1. The van der Waals surface area contributed by atoms with Crippen LogP contribution in [0.3, 0.4) is 0 Å². The Labute approximate surface area is 215 Å². The third-order valence-corrected chi connectivity index (χ3v) is 8.02. The summed E-state index contributed by atoms with van der Waals surface area (Å²) in [5.41, 5.74) is 7.67. The summed E-state index contributed by atoms with van der Waals surface area (Å²) in [5.74, 6) is -0.884. The lowest BCUT2D eigenvalue weighted by Crippen LogP contribution is -2.45. The second-order valence-electron chi connectivity index (χ2n) is 12.3. The van der Waals surface area contributed by atoms with Crippen molar-refractivity contribution in [1.29, 1.82) is 0 Å². The topological polar surface area (TPSA) is 96.2 Å². The summed E-state index contributed by atoms with van der Waals surface area (Å²) in [6.07, 6.45) is 0.275. The van der Waals surface area contributed by atoms with Gasteiger partial charge in [-0.2, -0.15) is 0 Å². The number of ether oxygens (including phenoxy) is 1. The molecule has 1 aromatic rings. The number of rotatable bonds is 6. The van der Waals surface area contributed by atoms with E-state index in [0.717, 1.165) is 31.9 Å². The van der Waals surface area contributed by atoms with Crippen LogP contribution in [0.1, 0.15) is 62.9 Å². The van der Waals surface area contributed by atoms with Crippen molar-refractivity contribution < 1.29 is 19.1 Å². The van der Waals surface area contributed by atoms with E-state index in [1.54, 1.807) is 11.0 Å². The number of ketones is 1. The van der Waals surface area contributed by atoms with Gasteiger partial charge in [-0.1, -0.05) is 34.6 Å². The number of nitrogens with two attached hydrogens (primary N) is 1. The van der Waals surface area contributed by atoms with E-state index in [1.165, 1.54) is 0 Å². The van der Waals surface area contributed by atoms with Gasteiger partial charge in [0.2, 0.25) is 11.8 Å². The zero-order valence-corrected chi connectivity index (χ0v) is 22.6. The summed E-state index contributed by atoms with van der Waals surface area (Å²) in [5, 5.41) is 0. The average molecular weight is 499 g/mol. The van der Waals surface area contributed by atoms with Gasteiger partial charge in [-0.3, -0.25) is 14.4 Å². The number of amides is 2. The van der Waals surface area contributed by atoms with Gasteiger partial charge in [0, 0.05) is 49.9 Å². The number of piperazine rings is 1. The Morgan fingerprint density at radius 3 is 2.39 bits per heavy atom. The van der Waals surface area contributed by atoms with Crippen LogP contribution in [-0.2, 0) is 14.3 Å². The predicted octanol–water partition coefficient (Wildman–Crippen LogP) is 2.51. The number of Topliss-reactive ketones (excluding diaryl/α,β-unsaturated/α-hetero) is 1. The number of likely N-dealkylation sites (tertiary alicyclic amines) is 1. The van der Waals surface area contributed by atoms with E-state index in [4.69, 9.17) is 10.5 Å². The summed E-state index contributed by atoms with van der Waals surface area (Å²) in [7, 11) is 2.11. The van der Waals surface area contributed by atoms with Crippen LogP contribution in [0.25, 0.3) is 0 Å². The van der Waals surface area contributed by atoms with Crippen molar-refractivity contribution >= 4 is 23.3 Å². The molecule has 3 saturated heterocycles. The highest BCUT2D eigenvalue weighted by Gasteiger charge is 2.54. The number of primary amides is 1. The molecule has 3 fully saturated rings. The molecule has 2 amide bonds. The van der Waals surface area contributed by atoms with Crippen LogP contribution >= 0.6 is 0 Å². The molecular formula is C28H42N4O4. The predicted molar refractivity (Wildman–Crippen MR) is 140 cm³/mol. The summed E-state index contributed by atoms with van der Waals surface area (Å²) in [6, 6.07) is 5.13. The molecule has 0 spiro atoms. The first-order chi connectivity index (χ1) is 16.9. The molecule has 0 bridgehead atoms. The summed E-state index contributed by atoms with van der Waals surface area (Å²) >= 11 is 0. The normalized spacial score (nSPS) is 26.0. The number of hydrogen-bond donors (Lipinski definition) is 1. The third kappa shape index (κ3) is 5.30. The monoisotopic (exact) mass is 498 g/mol. The maximum Gasteiger partial charge on any atom is 0.249 e. The van der Waals surface area contributed by atoms with Crippen LogP contribution in [0.5, 0.6) is 0 Å². The number of carbonyl (C=O) groups excluding carboxylic acids is 3. The molecule has 3 heterocycles. The molecular weight excluding hydrogens is 456 g/mol. The lowest BCUT2D eigenvalue weighted by Gasteiger charge is -2.35. The molecule has 4 atom stereocenters. The molecule has 0 unspecified atom stereocenters. The van der Waals surface area contributed by atoms with Crippen molar-refractivity contribution in [2.75, 3.05) is 51.3 Å². The number of fused-ring (bicyclic) bond motifs is 1. The molecule has 0 aromatic heterocycles. The molecule has 0 aliphatic carbocycles. The van der Waals surface area contributed by atoms with Gasteiger partial charge < -0.3 is 25.2 Å². The first-order valence-corrected chi connectivity index (χ1v) is 13.2. The smallest absolute Gasteiger partial charge is 0.249 e. The Morgan fingerprint density at radius 2 is 1.81 bits per heavy atom. The van der Waals surface area contributed by atoms with Gasteiger partial charge in [0.25, 0.3) is 0 Å². The molecule has 36 heavy (non-hydrogen) atoms. The van der Waals surface area contributed by atoms with Crippen LogP contribution in [0.15, 0.2) is 18.2 Å². The molecule has 4 rings (SSSR count).